The first kappa shape index (κ1) is 16.7. The van der Waals surface area contributed by atoms with Crippen LogP contribution in [0.2, 0.25) is 0 Å². The van der Waals surface area contributed by atoms with Crippen LogP contribution < -0.4 is 4.74 Å². The Kier molecular flexibility index (Phi) is 5.91. The Bertz CT molecular complexity index is 679. The number of unbranched alkanes of at least 4 members (excludes halogenated alkanes) is 1. The fraction of sp³-hybridized carbons (Fsp3) is 0.353. The molecule has 0 unspecified atom stereocenters. The minimum Gasteiger partial charge on any atom is -0.495 e. The summed E-state index contributed by atoms with van der Waals surface area (Å²) in [6, 6.07) is 7.47. The highest BCUT2D eigenvalue weighted by Crippen LogP contribution is 2.25. The van der Waals surface area contributed by atoms with Crippen LogP contribution in [0.4, 0.5) is 0 Å². The van der Waals surface area contributed by atoms with Gasteiger partial charge in [-0.25, -0.2) is 4.98 Å². The van der Waals surface area contributed by atoms with E-state index in [2.05, 4.69) is 9.72 Å². The number of carbonyl (C=O) groups is 2. The number of hydrogen-bond donors (Lipinski definition) is 0. The van der Waals surface area contributed by atoms with E-state index in [0.717, 1.165) is 24.2 Å². The SMILES string of the molecule is COC(=O)CCCCc1ncc(C=O)n1-c1ccccc1OC. The number of hydrogen-bond acceptors (Lipinski definition) is 5. The van der Waals surface area contributed by atoms with E-state index in [4.69, 9.17) is 4.74 Å². The molecule has 0 bridgehead atoms. The number of imidazole rings is 1. The molecule has 23 heavy (non-hydrogen) atoms. The molecule has 2 rings (SSSR count). The Morgan fingerprint density at radius 2 is 2.04 bits per heavy atom. The molecule has 0 aliphatic carbocycles. The molecular weight excluding hydrogens is 296 g/mol. The van der Waals surface area contributed by atoms with Crippen molar-refractivity contribution >= 4 is 12.3 Å². The Balaban J connectivity index is 2.20. The van der Waals surface area contributed by atoms with Gasteiger partial charge in [0, 0.05) is 12.8 Å². The van der Waals surface area contributed by atoms with Crippen LogP contribution in [0.1, 0.15) is 35.6 Å². The fourth-order valence-electron chi connectivity index (χ4n) is 2.41. The molecule has 6 nitrogen and oxygen atoms in total. The summed E-state index contributed by atoms with van der Waals surface area (Å²) in [7, 11) is 2.97. The lowest BCUT2D eigenvalue weighted by atomic mass is 10.2. The zero-order valence-corrected chi connectivity index (χ0v) is 13.3. The first-order valence-electron chi connectivity index (χ1n) is 7.43. The van der Waals surface area contributed by atoms with Crippen LogP contribution in [0, 0.1) is 0 Å². The quantitative estimate of drug-likeness (QED) is 0.425. The summed E-state index contributed by atoms with van der Waals surface area (Å²) in [4.78, 5) is 26.8. The number of aromatic nitrogens is 2. The topological polar surface area (TPSA) is 70.4 Å². The van der Waals surface area contributed by atoms with Gasteiger partial charge < -0.3 is 9.47 Å². The number of benzene rings is 1. The Morgan fingerprint density at radius 1 is 1.26 bits per heavy atom. The van der Waals surface area contributed by atoms with Crippen molar-refractivity contribution in [1.82, 2.24) is 9.55 Å². The van der Waals surface area contributed by atoms with Crippen LogP contribution in [-0.4, -0.2) is 36.0 Å². The van der Waals surface area contributed by atoms with Crippen LogP contribution in [0.5, 0.6) is 5.75 Å². The molecule has 2 aromatic rings. The molecule has 6 heteroatoms. The summed E-state index contributed by atoms with van der Waals surface area (Å²) < 4.78 is 11.8. The van der Waals surface area contributed by atoms with E-state index in [9.17, 15) is 9.59 Å². The lowest BCUT2D eigenvalue weighted by Gasteiger charge is -2.13. The van der Waals surface area contributed by atoms with Gasteiger partial charge >= 0.3 is 5.97 Å². The van der Waals surface area contributed by atoms with Crippen LogP contribution in [-0.2, 0) is 16.0 Å². The minimum absolute atomic E-state index is 0.216. The minimum atomic E-state index is -0.216. The van der Waals surface area contributed by atoms with Crippen molar-refractivity contribution in [3.05, 3.63) is 42.0 Å². The molecule has 0 N–H and O–H groups in total. The van der Waals surface area contributed by atoms with Gasteiger partial charge in [-0.3, -0.25) is 14.2 Å². The highest BCUT2D eigenvalue weighted by molar-refractivity contribution is 5.74. The van der Waals surface area contributed by atoms with E-state index in [1.165, 1.54) is 7.11 Å². The van der Waals surface area contributed by atoms with Gasteiger partial charge in [0.05, 0.1) is 26.1 Å². The van der Waals surface area contributed by atoms with Crippen molar-refractivity contribution in [2.24, 2.45) is 0 Å². The van der Waals surface area contributed by atoms with E-state index in [1.807, 2.05) is 24.3 Å². The highest BCUT2D eigenvalue weighted by atomic mass is 16.5. The summed E-state index contributed by atoms with van der Waals surface area (Å²) in [5.41, 5.74) is 1.25. The Morgan fingerprint density at radius 3 is 2.74 bits per heavy atom. The summed E-state index contributed by atoms with van der Waals surface area (Å²) in [5.74, 6) is 1.22. The monoisotopic (exact) mass is 316 g/mol. The number of nitrogens with zero attached hydrogens (tertiary/aromatic N) is 2. The predicted octanol–water partition coefficient (Wildman–Crippen LogP) is 2.58. The van der Waals surface area contributed by atoms with Gasteiger partial charge in [-0.05, 0) is 25.0 Å². The molecule has 1 heterocycles. The number of methoxy groups -OCH3 is 2. The van der Waals surface area contributed by atoms with Gasteiger partial charge in [-0.2, -0.15) is 0 Å². The standard InChI is InChI=1S/C17H20N2O4/c1-22-15-8-4-3-7-14(15)19-13(12-20)11-18-16(19)9-5-6-10-17(21)23-2/h3-4,7-8,11-12H,5-6,9-10H2,1-2H3. The molecule has 0 spiro atoms. The third-order valence-electron chi connectivity index (χ3n) is 3.57. The molecule has 0 saturated carbocycles. The van der Waals surface area contributed by atoms with Crippen LogP contribution in [0.15, 0.2) is 30.5 Å². The number of aldehydes is 1. The predicted molar refractivity (Wildman–Crippen MR) is 85.1 cm³/mol. The fourth-order valence-corrected chi connectivity index (χ4v) is 2.41. The van der Waals surface area contributed by atoms with Crippen LogP contribution in [0.3, 0.4) is 0 Å². The van der Waals surface area contributed by atoms with Gasteiger partial charge in [0.1, 0.15) is 17.3 Å². The zero-order chi connectivity index (χ0) is 16.7. The highest BCUT2D eigenvalue weighted by Gasteiger charge is 2.14. The number of esters is 1. The van der Waals surface area contributed by atoms with Gasteiger partial charge in [0.2, 0.25) is 0 Å². The molecule has 0 amide bonds. The molecule has 122 valence electrons. The molecule has 0 aliphatic heterocycles. The summed E-state index contributed by atoms with van der Waals surface area (Å²) >= 11 is 0. The largest absolute Gasteiger partial charge is 0.495 e. The summed E-state index contributed by atoms with van der Waals surface area (Å²) in [5, 5.41) is 0. The molecule has 1 aromatic heterocycles. The molecule has 0 saturated heterocycles. The molecule has 1 aromatic carbocycles. The van der Waals surface area contributed by atoms with Crippen molar-refractivity contribution < 1.29 is 19.1 Å². The van der Waals surface area contributed by atoms with Crippen molar-refractivity contribution in [3.63, 3.8) is 0 Å². The smallest absolute Gasteiger partial charge is 0.305 e. The number of ether oxygens (including phenoxy) is 2. The van der Waals surface area contributed by atoms with Crippen molar-refractivity contribution in [1.29, 1.82) is 0 Å². The van der Waals surface area contributed by atoms with Gasteiger partial charge in [-0.15, -0.1) is 0 Å². The van der Waals surface area contributed by atoms with Crippen molar-refractivity contribution in [2.45, 2.75) is 25.7 Å². The second-order valence-corrected chi connectivity index (χ2v) is 5.01. The van der Waals surface area contributed by atoms with Gasteiger partial charge in [0.15, 0.2) is 6.29 Å². The third-order valence-corrected chi connectivity index (χ3v) is 3.57. The molecule has 0 radical (unpaired) electrons. The van der Waals surface area contributed by atoms with Gasteiger partial charge in [0.25, 0.3) is 0 Å². The zero-order valence-electron chi connectivity index (χ0n) is 13.3. The number of carbonyl (C=O) groups excluding carboxylic acids is 2. The number of aryl methyl sites for hydroxylation is 1. The lowest BCUT2D eigenvalue weighted by molar-refractivity contribution is -0.140. The van der Waals surface area contributed by atoms with Crippen molar-refractivity contribution in [3.8, 4) is 11.4 Å². The first-order valence-corrected chi connectivity index (χ1v) is 7.43. The molecular formula is C17H20N2O4. The number of para-hydroxylation sites is 2. The average Bonchev–Trinajstić information content (AvgIpc) is 3.01. The molecule has 0 aliphatic rings. The maximum absolute atomic E-state index is 11.3. The first-order chi connectivity index (χ1) is 11.2. The second-order valence-electron chi connectivity index (χ2n) is 5.01. The lowest BCUT2D eigenvalue weighted by Crippen LogP contribution is -2.07. The van der Waals surface area contributed by atoms with Gasteiger partial charge in [-0.1, -0.05) is 12.1 Å². The van der Waals surface area contributed by atoms with E-state index in [-0.39, 0.29) is 5.97 Å². The maximum Gasteiger partial charge on any atom is 0.305 e. The van der Waals surface area contributed by atoms with E-state index in [1.54, 1.807) is 17.9 Å². The van der Waals surface area contributed by atoms with Crippen LogP contribution >= 0.6 is 0 Å². The Hall–Kier alpha value is -2.63. The average molecular weight is 316 g/mol. The van der Waals surface area contributed by atoms with E-state index >= 15 is 0 Å². The van der Waals surface area contributed by atoms with Crippen LogP contribution in [0.25, 0.3) is 5.69 Å². The normalized spacial score (nSPS) is 10.3. The summed E-state index contributed by atoms with van der Waals surface area (Å²) in [6.07, 6.45) is 4.85. The Labute approximate surface area is 135 Å². The summed E-state index contributed by atoms with van der Waals surface area (Å²) in [6.45, 7) is 0. The second kappa shape index (κ2) is 8.12. The van der Waals surface area contributed by atoms with E-state index in [0.29, 0.717) is 30.7 Å². The number of rotatable bonds is 8. The third kappa shape index (κ3) is 3.97. The molecule has 0 fully saturated rings. The van der Waals surface area contributed by atoms with Crippen molar-refractivity contribution in [2.75, 3.05) is 14.2 Å². The maximum atomic E-state index is 11.3. The van der Waals surface area contributed by atoms with E-state index < -0.39 is 0 Å². The molecule has 0 atom stereocenters.